The van der Waals surface area contributed by atoms with Crippen molar-refractivity contribution < 1.29 is 4.79 Å². The Labute approximate surface area is 159 Å². The molecule has 1 aromatic heterocycles. The number of hydrogen-bond acceptors (Lipinski definition) is 2. The quantitative estimate of drug-likeness (QED) is 0.597. The number of amides is 2. The maximum atomic E-state index is 12.0. The molecule has 3 aromatic rings. The van der Waals surface area contributed by atoms with Gasteiger partial charge in [-0.05, 0) is 54.2 Å². The van der Waals surface area contributed by atoms with Crippen LogP contribution in [0.2, 0.25) is 0 Å². The Hall–Kier alpha value is -3.14. The van der Waals surface area contributed by atoms with Crippen molar-refractivity contribution in [3.8, 4) is 11.1 Å². The second kappa shape index (κ2) is 8.04. The largest absolute Gasteiger partial charge is 0.324 e. The number of rotatable bonds is 4. The first-order valence-electron chi connectivity index (χ1n) is 9.47. The first-order chi connectivity index (χ1) is 13.3. The highest BCUT2D eigenvalue weighted by Gasteiger charge is 2.16. The number of benzene rings is 2. The van der Waals surface area contributed by atoms with Crippen LogP contribution in [0.3, 0.4) is 0 Å². The Balaban J connectivity index is 1.39. The molecule has 0 spiro atoms. The molecule has 136 valence electrons. The van der Waals surface area contributed by atoms with Gasteiger partial charge in [0.05, 0.1) is 0 Å². The number of carbonyl (C=O) groups excluding carboxylic acids is 1. The molecule has 2 aromatic carbocycles. The van der Waals surface area contributed by atoms with E-state index < -0.39 is 0 Å². The third-order valence-electron chi connectivity index (χ3n) is 5.11. The standard InChI is InChI=1S/C23H23N3O/c27-23(25-21-8-2-1-3-9-21)26-22-15-14-20(16-24-22)19-12-10-18(11-13-19)17-6-4-5-7-17/h1-3,8-17H,4-7H2,(H2,24,25,26,27). The average molecular weight is 357 g/mol. The number of aromatic nitrogens is 1. The lowest BCUT2D eigenvalue weighted by Crippen LogP contribution is -2.19. The topological polar surface area (TPSA) is 54.0 Å². The van der Waals surface area contributed by atoms with E-state index in [2.05, 4.69) is 39.9 Å². The number of urea groups is 1. The fourth-order valence-corrected chi connectivity index (χ4v) is 3.65. The fourth-order valence-electron chi connectivity index (χ4n) is 3.65. The van der Waals surface area contributed by atoms with Crippen LogP contribution in [-0.2, 0) is 0 Å². The molecule has 1 aliphatic rings. The summed E-state index contributed by atoms with van der Waals surface area (Å²) in [7, 11) is 0. The van der Waals surface area contributed by atoms with Gasteiger partial charge in [0.1, 0.15) is 5.82 Å². The van der Waals surface area contributed by atoms with E-state index in [4.69, 9.17) is 0 Å². The summed E-state index contributed by atoms with van der Waals surface area (Å²) in [4.78, 5) is 16.4. The molecule has 0 bridgehead atoms. The second-order valence-corrected chi connectivity index (χ2v) is 6.98. The molecule has 0 radical (unpaired) electrons. The van der Waals surface area contributed by atoms with Gasteiger partial charge in [-0.2, -0.15) is 0 Å². The summed E-state index contributed by atoms with van der Waals surface area (Å²) < 4.78 is 0. The molecular weight excluding hydrogens is 334 g/mol. The molecule has 1 aliphatic carbocycles. The predicted molar refractivity (Wildman–Crippen MR) is 110 cm³/mol. The fraction of sp³-hybridized carbons (Fsp3) is 0.217. The van der Waals surface area contributed by atoms with Crippen LogP contribution in [0.25, 0.3) is 11.1 Å². The van der Waals surface area contributed by atoms with Crippen molar-refractivity contribution in [2.24, 2.45) is 0 Å². The highest BCUT2D eigenvalue weighted by molar-refractivity contribution is 5.99. The van der Waals surface area contributed by atoms with E-state index in [9.17, 15) is 4.79 Å². The monoisotopic (exact) mass is 357 g/mol. The van der Waals surface area contributed by atoms with Crippen molar-refractivity contribution in [1.82, 2.24) is 4.98 Å². The molecule has 4 nitrogen and oxygen atoms in total. The second-order valence-electron chi connectivity index (χ2n) is 6.98. The van der Waals surface area contributed by atoms with E-state index in [1.54, 1.807) is 6.20 Å². The minimum absolute atomic E-state index is 0.303. The molecule has 1 fully saturated rings. The molecule has 0 atom stereocenters. The smallest absolute Gasteiger partial charge is 0.308 e. The Bertz CT molecular complexity index is 883. The van der Waals surface area contributed by atoms with Gasteiger partial charge >= 0.3 is 6.03 Å². The van der Waals surface area contributed by atoms with Crippen molar-refractivity contribution in [3.63, 3.8) is 0 Å². The Morgan fingerprint density at radius 1 is 0.815 bits per heavy atom. The van der Waals surface area contributed by atoms with Crippen LogP contribution in [0.15, 0.2) is 72.9 Å². The molecular formula is C23H23N3O. The lowest BCUT2D eigenvalue weighted by Gasteiger charge is -2.11. The highest BCUT2D eigenvalue weighted by atomic mass is 16.2. The number of nitrogens with zero attached hydrogens (tertiary/aromatic N) is 1. The van der Waals surface area contributed by atoms with Crippen LogP contribution in [0.5, 0.6) is 0 Å². The summed E-state index contributed by atoms with van der Waals surface area (Å²) in [5, 5.41) is 5.53. The lowest BCUT2D eigenvalue weighted by atomic mass is 9.95. The van der Waals surface area contributed by atoms with Crippen molar-refractivity contribution >= 4 is 17.5 Å². The molecule has 4 heteroatoms. The number of anilines is 2. The molecule has 2 amide bonds. The molecule has 0 unspecified atom stereocenters. The SMILES string of the molecule is O=C(Nc1ccccc1)Nc1ccc(-c2ccc(C3CCCC3)cc2)cn1. The molecule has 2 N–H and O–H groups in total. The van der Waals surface area contributed by atoms with Crippen LogP contribution >= 0.6 is 0 Å². The van der Waals surface area contributed by atoms with Gasteiger partial charge in [0.15, 0.2) is 0 Å². The van der Waals surface area contributed by atoms with Crippen LogP contribution in [0.1, 0.15) is 37.2 Å². The summed E-state index contributed by atoms with van der Waals surface area (Å²) in [6.07, 6.45) is 7.12. The number of carbonyl (C=O) groups is 1. The number of nitrogens with one attached hydrogen (secondary N) is 2. The van der Waals surface area contributed by atoms with Gasteiger partial charge in [0, 0.05) is 17.4 Å². The van der Waals surface area contributed by atoms with Crippen LogP contribution in [0, 0.1) is 0 Å². The average Bonchev–Trinajstić information content (AvgIpc) is 3.24. The third-order valence-corrected chi connectivity index (χ3v) is 5.11. The molecule has 1 saturated carbocycles. The van der Waals surface area contributed by atoms with Gasteiger partial charge in [-0.25, -0.2) is 9.78 Å². The van der Waals surface area contributed by atoms with Gasteiger partial charge in [-0.3, -0.25) is 5.32 Å². The van der Waals surface area contributed by atoms with Crippen molar-refractivity contribution in [3.05, 3.63) is 78.5 Å². The molecule has 27 heavy (non-hydrogen) atoms. The van der Waals surface area contributed by atoms with E-state index in [1.165, 1.54) is 31.2 Å². The third kappa shape index (κ3) is 4.34. The van der Waals surface area contributed by atoms with Gasteiger partial charge in [0.2, 0.25) is 0 Å². The zero-order chi connectivity index (χ0) is 18.5. The number of para-hydroxylation sites is 1. The Morgan fingerprint density at radius 3 is 2.19 bits per heavy atom. The zero-order valence-electron chi connectivity index (χ0n) is 15.2. The summed E-state index contributed by atoms with van der Waals surface area (Å²) >= 11 is 0. The lowest BCUT2D eigenvalue weighted by molar-refractivity contribution is 0.262. The minimum atomic E-state index is -0.303. The Kier molecular flexibility index (Phi) is 5.15. The summed E-state index contributed by atoms with van der Waals surface area (Å²) in [5.41, 5.74) is 4.38. The van der Waals surface area contributed by atoms with Gasteiger partial charge in [-0.1, -0.05) is 55.3 Å². The predicted octanol–water partition coefficient (Wildman–Crippen LogP) is 6.05. The number of pyridine rings is 1. The first-order valence-corrected chi connectivity index (χ1v) is 9.47. The maximum absolute atomic E-state index is 12.0. The maximum Gasteiger partial charge on any atom is 0.324 e. The normalized spacial score (nSPS) is 14.1. The highest BCUT2D eigenvalue weighted by Crippen LogP contribution is 2.34. The van der Waals surface area contributed by atoms with Crippen LogP contribution < -0.4 is 10.6 Å². The molecule has 1 heterocycles. The van der Waals surface area contributed by atoms with E-state index in [0.717, 1.165) is 22.7 Å². The summed E-state index contributed by atoms with van der Waals surface area (Å²) in [5.74, 6) is 1.25. The molecule has 0 saturated heterocycles. The van der Waals surface area contributed by atoms with E-state index in [1.807, 2.05) is 42.5 Å². The van der Waals surface area contributed by atoms with Gasteiger partial charge in [-0.15, -0.1) is 0 Å². The van der Waals surface area contributed by atoms with Crippen LogP contribution in [0.4, 0.5) is 16.3 Å². The zero-order valence-corrected chi connectivity index (χ0v) is 15.2. The van der Waals surface area contributed by atoms with E-state index >= 15 is 0 Å². The minimum Gasteiger partial charge on any atom is -0.308 e. The number of hydrogen-bond donors (Lipinski definition) is 2. The van der Waals surface area contributed by atoms with Crippen molar-refractivity contribution in [1.29, 1.82) is 0 Å². The van der Waals surface area contributed by atoms with Crippen molar-refractivity contribution in [2.45, 2.75) is 31.6 Å². The van der Waals surface area contributed by atoms with Gasteiger partial charge in [0.25, 0.3) is 0 Å². The van der Waals surface area contributed by atoms with E-state index in [-0.39, 0.29) is 6.03 Å². The van der Waals surface area contributed by atoms with E-state index in [0.29, 0.717) is 5.82 Å². The Morgan fingerprint density at radius 2 is 1.52 bits per heavy atom. The summed E-state index contributed by atoms with van der Waals surface area (Å²) in [6, 6.07) is 21.7. The summed E-state index contributed by atoms with van der Waals surface area (Å²) in [6.45, 7) is 0. The molecule has 0 aliphatic heterocycles. The van der Waals surface area contributed by atoms with Crippen molar-refractivity contribution in [2.75, 3.05) is 10.6 Å². The molecule has 4 rings (SSSR count). The first kappa shape index (κ1) is 17.3. The van der Waals surface area contributed by atoms with Gasteiger partial charge < -0.3 is 5.32 Å². The van der Waals surface area contributed by atoms with Crippen LogP contribution in [-0.4, -0.2) is 11.0 Å².